The van der Waals surface area contributed by atoms with Gasteiger partial charge in [-0.1, -0.05) is 38.8 Å². The van der Waals surface area contributed by atoms with Crippen LogP contribution in [0.15, 0.2) is 39.3 Å². The SMILES string of the molecule is COc1ccc(Br)cc1CC1(C)Cc2c(OC)ccc(Br)c2C1O. The molecule has 0 saturated carbocycles. The first-order valence-electron chi connectivity index (χ1n) is 7.75. The lowest BCUT2D eigenvalue weighted by atomic mass is 9.78. The topological polar surface area (TPSA) is 38.7 Å². The summed E-state index contributed by atoms with van der Waals surface area (Å²) in [6.45, 7) is 2.11. The molecule has 0 bridgehead atoms. The van der Waals surface area contributed by atoms with E-state index in [-0.39, 0.29) is 5.41 Å². The maximum absolute atomic E-state index is 11.1. The zero-order chi connectivity index (χ0) is 17.5. The maximum Gasteiger partial charge on any atom is 0.122 e. The summed E-state index contributed by atoms with van der Waals surface area (Å²) in [6, 6.07) is 9.86. The van der Waals surface area contributed by atoms with Gasteiger partial charge in [-0.15, -0.1) is 0 Å². The third-order valence-electron chi connectivity index (χ3n) is 4.83. The summed E-state index contributed by atoms with van der Waals surface area (Å²) in [7, 11) is 3.34. The Morgan fingerprint density at radius 2 is 1.79 bits per heavy atom. The highest BCUT2D eigenvalue weighted by molar-refractivity contribution is 9.10. The van der Waals surface area contributed by atoms with E-state index in [1.165, 1.54) is 0 Å². The van der Waals surface area contributed by atoms with Gasteiger partial charge in [0.2, 0.25) is 0 Å². The molecule has 3 nitrogen and oxygen atoms in total. The maximum atomic E-state index is 11.1. The van der Waals surface area contributed by atoms with Crippen LogP contribution in [0.3, 0.4) is 0 Å². The van der Waals surface area contributed by atoms with E-state index < -0.39 is 6.10 Å². The van der Waals surface area contributed by atoms with E-state index in [4.69, 9.17) is 9.47 Å². The van der Waals surface area contributed by atoms with Gasteiger partial charge in [0.15, 0.2) is 0 Å². The highest BCUT2D eigenvalue weighted by Crippen LogP contribution is 2.53. The molecule has 0 saturated heterocycles. The van der Waals surface area contributed by atoms with E-state index >= 15 is 0 Å². The lowest BCUT2D eigenvalue weighted by Crippen LogP contribution is -2.25. The lowest BCUT2D eigenvalue weighted by Gasteiger charge is -2.29. The first-order valence-corrected chi connectivity index (χ1v) is 9.34. The molecule has 2 aromatic rings. The van der Waals surface area contributed by atoms with Crippen molar-refractivity contribution in [2.45, 2.75) is 25.9 Å². The normalized spacial score (nSPS) is 22.3. The van der Waals surface area contributed by atoms with Gasteiger partial charge < -0.3 is 14.6 Å². The Bertz CT molecular complexity index is 775. The zero-order valence-electron chi connectivity index (χ0n) is 13.9. The van der Waals surface area contributed by atoms with Gasteiger partial charge in [0.25, 0.3) is 0 Å². The molecule has 24 heavy (non-hydrogen) atoms. The van der Waals surface area contributed by atoms with Crippen molar-refractivity contribution in [3.63, 3.8) is 0 Å². The molecule has 0 spiro atoms. The van der Waals surface area contributed by atoms with Crippen LogP contribution in [-0.4, -0.2) is 19.3 Å². The minimum Gasteiger partial charge on any atom is -0.496 e. The van der Waals surface area contributed by atoms with Crippen molar-refractivity contribution in [2.24, 2.45) is 5.41 Å². The standard InChI is InChI=1S/C19H20Br2O3/c1-19(9-11-8-12(20)4-6-15(11)23-2)10-13-16(24-3)7-5-14(21)17(13)18(19)22/h4-8,18,22H,9-10H2,1-3H3. The molecule has 128 valence electrons. The lowest BCUT2D eigenvalue weighted by molar-refractivity contribution is 0.0519. The molecule has 0 radical (unpaired) electrons. The van der Waals surface area contributed by atoms with Gasteiger partial charge in [-0.3, -0.25) is 0 Å². The molecule has 0 fully saturated rings. The number of methoxy groups -OCH3 is 2. The minimum absolute atomic E-state index is 0.326. The van der Waals surface area contributed by atoms with Crippen molar-refractivity contribution in [1.29, 1.82) is 0 Å². The predicted molar refractivity (Wildman–Crippen MR) is 102 cm³/mol. The fourth-order valence-electron chi connectivity index (χ4n) is 3.61. The van der Waals surface area contributed by atoms with Crippen molar-refractivity contribution in [1.82, 2.24) is 0 Å². The van der Waals surface area contributed by atoms with E-state index in [1.807, 2.05) is 24.3 Å². The summed E-state index contributed by atoms with van der Waals surface area (Å²) in [5, 5.41) is 11.1. The molecular weight excluding hydrogens is 436 g/mol. The summed E-state index contributed by atoms with van der Waals surface area (Å²) >= 11 is 7.10. The van der Waals surface area contributed by atoms with E-state index in [0.717, 1.165) is 43.6 Å². The zero-order valence-corrected chi connectivity index (χ0v) is 17.1. The molecule has 0 heterocycles. The van der Waals surface area contributed by atoms with Crippen LogP contribution in [0.1, 0.15) is 29.7 Å². The van der Waals surface area contributed by atoms with Gasteiger partial charge in [0.05, 0.1) is 20.3 Å². The van der Waals surface area contributed by atoms with Crippen molar-refractivity contribution in [3.8, 4) is 11.5 Å². The number of hydrogen-bond acceptors (Lipinski definition) is 3. The third kappa shape index (κ3) is 2.98. The molecule has 1 aliphatic rings. The Morgan fingerprint density at radius 3 is 2.46 bits per heavy atom. The molecular formula is C19H20Br2O3. The third-order valence-corrected chi connectivity index (χ3v) is 6.02. The number of fused-ring (bicyclic) bond motifs is 1. The number of aliphatic hydroxyl groups excluding tert-OH is 1. The minimum atomic E-state index is -0.569. The quantitative estimate of drug-likeness (QED) is 0.699. The van der Waals surface area contributed by atoms with Crippen LogP contribution in [0.2, 0.25) is 0 Å². The second-order valence-corrected chi connectivity index (χ2v) is 8.28. The highest BCUT2D eigenvalue weighted by Gasteiger charge is 2.44. The van der Waals surface area contributed by atoms with Gasteiger partial charge in [-0.25, -0.2) is 0 Å². The average Bonchev–Trinajstić information content (AvgIpc) is 2.80. The number of aliphatic hydroxyl groups is 1. The van der Waals surface area contributed by atoms with E-state index in [2.05, 4.69) is 44.8 Å². The van der Waals surface area contributed by atoms with Crippen LogP contribution in [0, 0.1) is 5.41 Å². The van der Waals surface area contributed by atoms with Crippen LogP contribution in [0.4, 0.5) is 0 Å². The van der Waals surface area contributed by atoms with Gasteiger partial charge in [-0.05, 0) is 48.7 Å². The largest absolute Gasteiger partial charge is 0.496 e. The van der Waals surface area contributed by atoms with Gasteiger partial charge >= 0.3 is 0 Å². The Hall–Kier alpha value is -1.04. The molecule has 2 unspecified atom stereocenters. The summed E-state index contributed by atoms with van der Waals surface area (Å²) in [5.74, 6) is 1.67. The molecule has 0 aromatic heterocycles. The first-order chi connectivity index (χ1) is 11.4. The first kappa shape index (κ1) is 17.8. The molecule has 2 atom stereocenters. The molecule has 3 rings (SSSR count). The monoisotopic (exact) mass is 454 g/mol. The number of ether oxygens (including phenoxy) is 2. The van der Waals surface area contributed by atoms with Crippen molar-refractivity contribution >= 4 is 31.9 Å². The van der Waals surface area contributed by atoms with Crippen molar-refractivity contribution in [2.75, 3.05) is 14.2 Å². The van der Waals surface area contributed by atoms with Crippen LogP contribution in [0.5, 0.6) is 11.5 Å². The summed E-state index contributed by atoms with van der Waals surface area (Å²) in [4.78, 5) is 0. The average molecular weight is 456 g/mol. The number of hydrogen-bond donors (Lipinski definition) is 1. The molecule has 1 N–H and O–H groups in total. The second-order valence-electron chi connectivity index (χ2n) is 6.51. The fraction of sp³-hybridized carbons (Fsp3) is 0.368. The van der Waals surface area contributed by atoms with E-state index in [1.54, 1.807) is 14.2 Å². The van der Waals surface area contributed by atoms with Crippen LogP contribution in [-0.2, 0) is 12.8 Å². The predicted octanol–water partition coefficient (Wildman–Crippen LogP) is 5.07. The molecule has 0 aliphatic heterocycles. The van der Waals surface area contributed by atoms with Gasteiger partial charge in [0.1, 0.15) is 11.5 Å². The van der Waals surface area contributed by atoms with E-state index in [9.17, 15) is 5.11 Å². The Kier molecular flexibility index (Phi) is 4.96. The second kappa shape index (κ2) is 6.70. The van der Waals surface area contributed by atoms with Crippen LogP contribution >= 0.6 is 31.9 Å². The van der Waals surface area contributed by atoms with Crippen molar-refractivity contribution < 1.29 is 14.6 Å². The van der Waals surface area contributed by atoms with Gasteiger partial charge in [0, 0.05) is 25.5 Å². The summed E-state index contributed by atoms with van der Waals surface area (Å²) in [6.07, 6.45) is 0.892. The molecule has 0 amide bonds. The molecule has 2 aromatic carbocycles. The van der Waals surface area contributed by atoms with E-state index in [0.29, 0.717) is 6.42 Å². The van der Waals surface area contributed by atoms with Crippen molar-refractivity contribution in [3.05, 3.63) is 56.0 Å². The van der Waals surface area contributed by atoms with Crippen LogP contribution < -0.4 is 9.47 Å². The Labute approximate surface area is 159 Å². The summed E-state index contributed by atoms with van der Waals surface area (Å²) < 4.78 is 12.9. The molecule has 1 aliphatic carbocycles. The number of rotatable bonds is 4. The van der Waals surface area contributed by atoms with Crippen LogP contribution in [0.25, 0.3) is 0 Å². The number of halogens is 2. The summed E-state index contributed by atoms with van der Waals surface area (Å²) in [5.41, 5.74) is 2.77. The Balaban J connectivity index is 2.01. The van der Waals surface area contributed by atoms with Gasteiger partial charge in [-0.2, -0.15) is 0 Å². The molecule has 5 heteroatoms. The number of benzene rings is 2. The highest BCUT2D eigenvalue weighted by atomic mass is 79.9. The fourth-order valence-corrected chi connectivity index (χ4v) is 4.61. The Morgan fingerprint density at radius 1 is 1.12 bits per heavy atom. The smallest absolute Gasteiger partial charge is 0.122 e.